The zero-order valence-electron chi connectivity index (χ0n) is 14.6. The van der Waals surface area contributed by atoms with Crippen LogP contribution in [-0.4, -0.2) is 52.1 Å². The Morgan fingerprint density at radius 3 is 2.96 bits per heavy atom. The minimum absolute atomic E-state index is 0.0165. The van der Waals surface area contributed by atoms with Crippen LogP contribution in [0.3, 0.4) is 0 Å². The van der Waals surface area contributed by atoms with Gasteiger partial charge in [-0.25, -0.2) is 14.4 Å². The highest BCUT2D eigenvalue weighted by molar-refractivity contribution is 5.95. The maximum Gasteiger partial charge on any atom is 0.257 e. The number of amides is 1. The van der Waals surface area contributed by atoms with Crippen LogP contribution < -0.4 is 5.32 Å². The fourth-order valence-corrected chi connectivity index (χ4v) is 3.84. The van der Waals surface area contributed by atoms with Gasteiger partial charge in [0.25, 0.3) is 5.91 Å². The van der Waals surface area contributed by atoms with Crippen LogP contribution >= 0.6 is 0 Å². The number of rotatable bonds is 3. The molecule has 8 heteroatoms. The molecule has 1 N–H and O–H groups in total. The van der Waals surface area contributed by atoms with E-state index in [2.05, 4.69) is 15.3 Å². The van der Waals surface area contributed by atoms with E-state index in [4.69, 9.17) is 9.15 Å². The SMILES string of the molecule is Cc1occc1C(=O)N1CCC[C@@]2(C[C@H](Nc3ncc(F)cn3)CO2)C1. The first-order valence-corrected chi connectivity index (χ1v) is 8.76. The summed E-state index contributed by atoms with van der Waals surface area (Å²) in [7, 11) is 0. The highest BCUT2D eigenvalue weighted by Crippen LogP contribution is 2.36. The molecule has 0 aromatic carbocycles. The molecule has 2 aliphatic rings. The quantitative estimate of drug-likeness (QED) is 0.905. The van der Waals surface area contributed by atoms with Crippen molar-refractivity contribution in [3.63, 3.8) is 0 Å². The van der Waals surface area contributed by atoms with Crippen LogP contribution in [0.2, 0.25) is 0 Å². The summed E-state index contributed by atoms with van der Waals surface area (Å²) in [6.07, 6.45) is 6.36. The third kappa shape index (κ3) is 3.29. The van der Waals surface area contributed by atoms with Crippen LogP contribution in [0.25, 0.3) is 0 Å². The molecule has 0 aliphatic carbocycles. The highest BCUT2D eigenvalue weighted by atomic mass is 19.1. The summed E-state index contributed by atoms with van der Waals surface area (Å²) in [4.78, 5) is 22.5. The smallest absolute Gasteiger partial charge is 0.257 e. The van der Waals surface area contributed by atoms with Crippen molar-refractivity contribution >= 4 is 11.9 Å². The average molecular weight is 360 g/mol. The molecule has 0 bridgehead atoms. The van der Waals surface area contributed by atoms with Gasteiger partial charge in [0.05, 0.1) is 49.0 Å². The fraction of sp³-hybridized carbons (Fsp3) is 0.500. The molecule has 2 saturated heterocycles. The standard InChI is InChI=1S/C18H21FN4O3/c1-12-15(3-6-25-12)16(24)23-5-2-4-18(11-23)7-14(10-26-18)22-17-20-8-13(19)9-21-17/h3,6,8-9,14H,2,4-5,7,10-11H2,1H3,(H,20,21,22)/t14-,18+/m0/s1. The van der Waals surface area contributed by atoms with E-state index < -0.39 is 5.82 Å². The number of aromatic nitrogens is 2. The molecule has 2 aliphatic heterocycles. The molecule has 4 rings (SSSR count). The molecular weight excluding hydrogens is 339 g/mol. The lowest BCUT2D eigenvalue weighted by Crippen LogP contribution is -2.50. The Bertz CT molecular complexity index is 794. The molecule has 1 amide bonds. The number of hydrogen-bond acceptors (Lipinski definition) is 6. The molecule has 2 aromatic rings. The van der Waals surface area contributed by atoms with E-state index in [1.54, 1.807) is 13.0 Å². The van der Waals surface area contributed by atoms with E-state index in [1.807, 2.05) is 4.90 Å². The maximum absolute atomic E-state index is 12.9. The van der Waals surface area contributed by atoms with E-state index in [0.717, 1.165) is 31.7 Å². The Morgan fingerprint density at radius 2 is 2.23 bits per heavy atom. The van der Waals surface area contributed by atoms with Gasteiger partial charge in [0, 0.05) is 13.0 Å². The van der Waals surface area contributed by atoms with E-state index >= 15 is 0 Å². The predicted octanol–water partition coefficient (Wildman–Crippen LogP) is 2.39. The third-order valence-corrected chi connectivity index (χ3v) is 5.08. The Labute approximate surface area is 150 Å². The summed E-state index contributed by atoms with van der Waals surface area (Å²) in [6, 6.07) is 1.75. The Morgan fingerprint density at radius 1 is 1.42 bits per heavy atom. The highest BCUT2D eigenvalue weighted by Gasteiger charge is 2.45. The van der Waals surface area contributed by atoms with Crippen molar-refractivity contribution in [2.45, 2.75) is 37.8 Å². The number of likely N-dealkylation sites (tertiary alicyclic amines) is 1. The van der Waals surface area contributed by atoms with Crippen molar-refractivity contribution in [2.75, 3.05) is 25.0 Å². The van der Waals surface area contributed by atoms with Gasteiger partial charge in [0.15, 0.2) is 5.82 Å². The number of ether oxygens (including phenoxy) is 1. The molecule has 0 saturated carbocycles. The Kier molecular flexibility index (Phi) is 4.36. The van der Waals surface area contributed by atoms with E-state index in [-0.39, 0.29) is 17.6 Å². The zero-order chi connectivity index (χ0) is 18.1. The molecule has 2 fully saturated rings. The van der Waals surface area contributed by atoms with Crippen molar-refractivity contribution in [1.82, 2.24) is 14.9 Å². The second-order valence-corrected chi connectivity index (χ2v) is 6.99. The van der Waals surface area contributed by atoms with Crippen LogP contribution in [0.15, 0.2) is 29.1 Å². The first-order chi connectivity index (χ1) is 12.5. The van der Waals surface area contributed by atoms with Crippen LogP contribution in [0, 0.1) is 12.7 Å². The second kappa shape index (κ2) is 6.68. The van der Waals surface area contributed by atoms with Crippen molar-refractivity contribution in [2.24, 2.45) is 0 Å². The molecule has 1 spiro atoms. The van der Waals surface area contributed by atoms with Gasteiger partial charge in [0.2, 0.25) is 5.95 Å². The molecule has 0 unspecified atom stereocenters. The first-order valence-electron chi connectivity index (χ1n) is 8.76. The number of carbonyl (C=O) groups excluding carboxylic acids is 1. The van der Waals surface area contributed by atoms with Gasteiger partial charge < -0.3 is 19.4 Å². The average Bonchev–Trinajstić information content (AvgIpc) is 3.23. The molecule has 138 valence electrons. The van der Waals surface area contributed by atoms with Gasteiger partial charge >= 0.3 is 0 Å². The van der Waals surface area contributed by atoms with Crippen molar-refractivity contribution < 1.29 is 18.3 Å². The fourth-order valence-electron chi connectivity index (χ4n) is 3.84. The number of carbonyl (C=O) groups is 1. The summed E-state index contributed by atoms with van der Waals surface area (Å²) in [5.41, 5.74) is 0.248. The second-order valence-electron chi connectivity index (χ2n) is 6.99. The third-order valence-electron chi connectivity index (χ3n) is 5.08. The van der Waals surface area contributed by atoms with Gasteiger partial charge in [-0.2, -0.15) is 0 Å². The van der Waals surface area contributed by atoms with Crippen LogP contribution in [-0.2, 0) is 4.74 Å². The zero-order valence-corrected chi connectivity index (χ0v) is 14.6. The molecule has 2 atom stereocenters. The molecule has 0 radical (unpaired) electrons. The number of anilines is 1. The molecule has 4 heterocycles. The number of hydrogen-bond donors (Lipinski definition) is 1. The normalized spacial score (nSPS) is 25.6. The topological polar surface area (TPSA) is 80.5 Å². The van der Waals surface area contributed by atoms with Gasteiger partial charge in [-0.3, -0.25) is 4.79 Å². The van der Waals surface area contributed by atoms with Gasteiger partial charge in [-0.1, -0.05) is 0 Å². The van der Waals surface area contributed by atoms with Crippen molar-refractivity contribution in [3.05, 3.63) is 41.9 Å². The van der Waals surface area contributed by atoms with Crippen molar-refractivity contribution in [3.8, 4) is 0 Å². The first kappa shape index (κ1) is 17.0. The van der Waals surface area contributed by atoms with E-state index in [1.165, 1.54) is 6.26 Å². The number of piperidine rings is 1. The number of nitrogens with zero attached hydrogens (tertiary/aromatic N) is 3. The van der Waals surface area contributed by atoms with Gasteiger partial charge in [-0.15, -0.1) is 0 Å². The summed E-state index contributed by atoms with van der Waals surface area (Å²) in [6.45, 7) is 3.57. The molecule has 7 nitrogen and oxygen atoms in total. The number of nitrogens with one attached hydrogen (secondary N) is 1. The predicted molar refractivity (Wildman–Crippen MR) is 91.3 cm³/mol. The summed E-state index contributed by atoms with van der Waals surface area (Å²) in [5, 5.41) is 3.19. The summed E-state index contributed by atoms with van der Waals surface area (Å²) >= 11 is 0. The largest absolute Gasteiger partial charge is 0.469 e. The lowest BCUT2D eigenvalue weighted by molar-refractivity contribution is -0.0447. The van der Waals surface area contributed by atoms with Crippen LogP contribution in [0.4, 0.5) is 10.3 Å². The lowest BCUT2D eigenvalue weighted by atomic mass is 9.88. The van der Waals surface area contributed by atoms with E-state index in [9.17, 15) is 9.18 Å². The minimum Gasteiger partial charge on any atom is -0.469 e. The maximum atomic E-state index is 12.9. The van der Waals surface area contributed by atoms with Crippen molar-refractivity contribution in [1.29, 1.82) is 0 Å². The summed E-state index contributed by atoms with van der Waals surface area (Å²) < 4.78 is 24.3. The van der Waals surface area contributed by atoms with E-state index in [0.29, 0.717) is 37.0 Å². The Balaban J connectivity index is 1.41. The minimum atomic E-state index is -0.467. The molecule has 26 heavy (non-hydrogen) atoms. The Hall–Kier alpha value is -2.48. The van der Waals surface area contributed by atoms with Gasteiger partial charge in [0.1, 0.15) is 5.76 Å². The summed E-state index contributed by atoms with van der Waals surface area (Å²) in [5.74, 6) is 0.535. The van der Waals surface area contributed by atoms with Gasteiger partial charge in [-0.05, 0) is 25.8 Å². The molecular formula is C18H21FN4O3. The number of furan rings is 1. The monoisotopic (exact) mass is 360 g/mol. The number of aryl methyl sites for hydroxylation is 1. The van der Waals surface area contributed by atoms with Crippen LogP contribution in [0.5, 0.6) is 0 Å². The number of halogens is 1. The lowest BCUT2D eigenvalue weighted by Gasteiger charge is -2.39. The van der Waals surface area contributed by atoms with Crippen LogP contribution in [0.1, 0.15) is 35.4 Å². The molecule has 2 aromatic heterocycles.